The molecule has 0 aliphatic heterocycles. The van der Waals surface area contributed by atoms with Crippen LogP contribution >= 0.6 is 11.6 Å². The normalized spacial score (nSPS) is 11.5. The quantitative estimate of drug-likeness (QED) is 0.286. The van der Waals surface area contributed by atoms with Crippen molar-refractivity contribution < 1.29 is 37.8 Å². The van der Waals surface area contributed by atoms with E-state index in [1.165, 1.54) is 32.2 Å². The van der Waals surface area contributed by atoms with Gasteiger partial charge in [0.1, 0.15) is 12.3 Å². The molecule has 2 amide bonds. The number of nitrogens with one attached hydrogen (secondary N) is 2. The smallest absolute Gasteiger partial charge is 0.352 e. The standard InChI is InChI=1S/C21H20ClN3O8S/c1-3-34(31,32)13-7-11(20(23)28)19(27)17(25-14(26)8-33-2)16(13)15-10-6-9(22)4-5-12(10)24-18(15)21(29)30/h4-7,24,27H,3,8H2,1-2H3,(H2,23,28)(H,25,26)(H,29,30). The first-order chi connectivity index (χ1) is 15.9. The van der Waals surface area contributed by atoms with Crippen LogP contribution in [0.3, 0.4) is 0 Å². The predicted octanol–water partition coefficient (Wildman–Crippen LogP) is 2.37. The molecule has 0 saturated heterocycles. The van der Waals surface area contributed by atoms with Gasteiger partial charge in [0, 0.05) is 34.2 Å². The topological polar surface area (TPSA) is 189 Å². The van der Waals surface area contributed by atoms with Gasteiger partial charge in [-0.25, -0.2) is 13.2 Å². The van der Waals surface area contributed by atoms with Crippen LogP contribution in [0.15, 0.2) is 29.2 Å². The summed E-state index contributed by atoms with van der Waals surface area (Å²) in [7, 11) is -2.93. The fourth-order valence-corrected chi connectivity index (χ4v) is 4.79. The summed E-state index contributed by atoms with van der Waals surface area (Å²) in [5.41, 5.74) is 3.58. The van der Waals surface area contributed by atoms with Crippen molar-refractivity contribution in [1.29, 1.82) is 0 Å². The number of aromatic hydroxyl groups is 1. The van der Waals surface area contributed by atoms with E-state index in [0.717, 1.165) is 6.07 Å². The predicted molar refractivity (Wildman–Crippen MR) is 124 cm³/mol. The van der Waals surface area contributed by atoms with E-state index < -0.39 is 67.6 Å². The summed E-state index contributed by atoms with van der Waals surface area (Å²) in [6.07, 6.45) is 0. The van der Waals surface area contributed by atoms with Crippen molar-refractivity contribution in [2.75, 3.05) is 24.8 Å². The van der Waals surface area contributed by atoms with E-state index in [9.17, 15) is 33.0 Å². The maximum absolute atomic E-state index is 13.1. The van der Waals surface area contributed by atoms with Gasteiger partial charge >= 0.3 is 5.97 Å². The molecule has 13 heteroatoms. The molecule has 0 bridgehead atoms. The molecule has 0 unspecified atom stereocenters. The molecule has 1 aromatic heterocycles. The number of hydrogen-bond donors (Lipinski definition) is 5. The van der Waals surface area contributed by atoms with Crippen molar-refractivity contribution >= 4 is 55.8 Å². The van der Waals surface area contributed by atoms with Gasteiger partial charge in [0.25, 0.3) is 5.91 Å². The van der Waals surface area contributed by atoms with Crippen LogP contribution in [0.5, 0.6) is 5.75 Å². The van der Waals surface area contributed by atoms with Crippen molar-refractivity contribution in [3.8, 4) is 16.9 Å². The van der Waals surface area contributed by atoms with Crippen LogP contribution < -0.4 is 11.1 Å². The van der Waals surface area contributed by atoms with Gasteiger partial charge in [-0.3, -0.25) is 9.59 Å². The third-order valence-electron chi connectivity index (χ3n) is 5.01. The molecule has 0 radical (unpaired) electrons. The van der Waals surface area contributed by atoms with E-state index in [-0.39, 0.29) is 21.5 Å². The highest BCUT2D eigenvalue weighted by Crippen LogP contribution is 2.47. The van der Waals surface area contributed by atoms with Crippen LogP contribution in [0.2, 0.25) is 5.02 Å². The second-order valence-electron chi connectivity index (χ2n) is 7.14. The molecule has 0 aliphatic carbocycles. The number of sulfone groups is 1. The minimum Gasteiger partial charge on any atom is -0.505 e. The molecular formula is C21H20ClN3O8S. The summed E-state index contributed by atoms with van der Waals surface area (Å²) in [6.45, 7) is 0.852. The number of anilines is 1. The van der Waals surface area contributed by atoms with Crippen LogP contribution in [0.1, 0.15) is 27.8 Å². The maximum Gasteiger partial charge on any atom is 0.352 e. The lowest BCUT2D eigenvalue weighted by Crippen LogP contribution is -2.21. The number of aromatic carboxylic acids is 1. The Balaban J connectivity index is 2.62. The summed E-state index contributed by atoms with van der Waals surface area (Å²) in [6, 6.07) is 5.24. The average Bonchev–Trinajstić information content (AvgIpc) is 3.13. The fraction of sp³-hybridized carbons (Fsp3) is 0.190. The Labute approximate surface area is 198 Å². The number of fused-ring (bicyclic) bond motifs is 1. The van der Waals surface area contributed by atoms with Gasteiger partial charge in [-0.1, -0.05) is 18.5 Å². The number of rotatable bonds is 8. The molecule has 0 saturated carbocycles. The van der Waals surface area contributed by atoms with E-state index in [0.29, 0.717) is 5.52 Å². The first-order valence-corrected chi connectivity index (χ1v) is 11.7. The van der Waals surface area contributed by atoms with Crippen molar-refractivity contribution in [3.63, 3.8) is 0 Å². The summed E-state index contributed by atoms with van der Waals surface area (Å²) in [5, 5.41) is 23.4. The van der Waals surface area contributed by atoms with Gasteiger partial charge in [0.05, 0.1) is 21.9 Å². The molecule has 3 aromatic rings. The Morgan fingerprint density at radius 3 is 2.44 bits per heavy atom. The summed E-state index contributed by atoms with van der Waals surface area (Å²) in [5.74, 6) is -4.71. The fourth-order valence-electron chi connectivity index (χ4n) is 3.50. The number of methoxy groups -OCH3 is 1. The number of aromatic amines is 1. The third-order valence-corrected chi connectivity index (χ3v) is 7.00. The third kappa shape index (κ3) is 4.42. The zero-order valence-electron chi connectivity index (χ0n) is 17.9. The number of H-pyrrole nitrogens is 1. The van der Waals surface area contributed by atoms with Gasteiger partial charge in [0.15, 0.2) is 15.6 Å². The minimum absolute atomic E-state index is 0.170. The average molecular weight is 510 g/mol. The lowest BCUT2D eigenvalue weighted by Gasteiger charge is -2.19. The number of halogens is 1. The monoisotopic (exact) mass is 509 g/mol. The number of carboxylic acid groups (broad SMARTS) is 1. The van der Waals surface area contributed by atoms with Gasteiger partial charge in [-0.2, -0.15) is 0 Å². The zero-order valence-corrected chi connectivity index (χ0v) is 19.5. The SMILES string of the molecule is CCS(=O)(=O)c1cc(C(N)=O)c(O)c(NC(=O)COC)c1-c1c(C(=O)O)[nH]c2ccc(Cl)cc12. The second-order valence-corrected chi connectivity index (χ2v) is 9.82. The lowest BCUT2D eigenvalue weighted by atomic mass is 9.96. The van der Waals surface area contributed by atoms with Gasteiger partial charge in [0.2, 0.25) is 5.91 Å². The van der Waals surface area contributed by atoms with Gasteiger partial charge < -0.3 is 31.0 Å². The van der Waals surface area contributed by atoms with Crippen LogP contribution in [0.4, 0.5) is 5.69 Å². The van der Waals surface area contributed by atoms with Crippen LogP contribution in [-0.4, -0.2) is 60.9 Å². The molecule has 0 fully saturated rings. The first-order valence-electron chi connectivity index (χ1n) is 9.69. The van der Waals surface area contributed by atoms with Crippen LogP contribution in [0.25, 0.3) is 22.0 Å². The zero-order chi connectivity index (χ0) is 25.4. The number of amides is 2. The van der Waals surface area contributed by atoms with Gasteiger partial charge in [-0.15, -0.1) is 0 Å². The van der Waals surface area contributed by atoms with Gasteiger partial charge in [-0.05, 0) is 24.3 Å². The number of carbonyl (C=O) groups is 3. The number of benzene rings is 2. The van der Waals surface area contributed by atoms with E-state index in [2.05, 4.69) is 10.3 Å². The lowest BCUT2D eigenvalue weighted by molar-refractivity contribution is -0.119. The highest BCUT2D eigenvalue weighted by atomic mass is 35.5. The molecule has 6 N–H and O–H groups in total. The molecule has 34 heavy (non-hydrogen) atoms. The second kappa shape index (κ2) is 9.33. The summed E-state index contributed by atoms with van der Waals surface area (Å²) >= 11 is 6.11. The molecule has 0 spiro atoms. The summed E-state index contributed by atoms with van der Waals surface area (Å²) in [4.78, 5) is 38.7. The van der Waals surface area contributed by atoms with E-state index >= 15 is 0 Å². The molecular weight excluding hydrogens is 490 g/mol. The number of aromatic nitrogens is 1. The van der Waals surface area contributed by atoms with E-state index in [4.69, 9.17) is 22.1 Å². The van der Waals surface area contributed by atoms with Crippen molar-refractivity contribution in [1.82, 2.24) is 4.98 Å². The summed E-state index contributed by atoms with van der Waals surface area (Å²) < 4.78 is 31.0. The number of carboxylic acids is 1. The number of nitrogens with two attached hydrogens (primary N) is 1. The van der Waals surface area contributed by atoms with Crippen molar-refractivity contribution in [2.24, 2.45) is 5.73 Å². The molecule has 2 aromatic carbocycles. The number of phenols is 1. The molecule has 0 atom stereocenters. The Kier molecular flexibility index (Phi) is 6.87. The number of primary amides is 1. The van der Waals surface area contributed by atoms with Crippen LogP contribution in [-0.2, 0) is 19.4 Å². The Hall–Kier alpha value is -3.61. The number of ether oxygens (including phenoxy) is 1. The van der Waals surface area contributed by atoms with Crippen LogP contribution in [0, 0.1) is 0 Å². The highest BCUT2D eigenvalue weighted by molar-refractivity contribution is 7.91. The Morgan fingerprint density at radius 1 is 1.21 bits per heavy atom. The molecule has 11 nitrogen and oxygen atoms in total. The number of carbonyl (C=O) groups excluding carboxylic acids is 2. The number of hydrogen-bond acceptors (Lipinski definition) is 7. The van der Waals surface area contributed by atoms with Crippen molar-refractivity contribution in [3.05, 3.63) is 40.5 Å². The Morgan fingerprint density at radius 2 is 1.88 bits per heavy atom. The maximum atomic E-state index is 13.1. The van der Waals surface area contributed by atoms with Crippen molar-refractivity contribution in [2.45, 2.75) is 11.8 Å². The molecule has 1 heterocycles. The first kappa shape index (κ1) is 25.0. The molecule has 180 valence electrons. The van der Waals surface area contributed by atoms with E-state index in [1.807, 2.05) is 0 Å². The Bertz CT molecular complexity index is 1450. The van der Waals surface area contributed by atoms with E-state index in [1.54, 1.807) is 0 Å². The molecule has 3 rings (SSSR count). The highest BCUT2D eigenvalue weighted by Gasteiger charge is 2.32. The minimum atomic E-state index is -4.16. The molecule has 0 aliphatic rings. The largest absolute Gasteiger partial charge is 0.505 e.